The van der Waals surface area contributed by atoms with Crippen molar-refractivity contribution in [1.82, 2.24) is 9.55 Å². The molecule has 12 nitrogen and oxygen atoms in total. The van der Waals surface area contributed by atoms with E-state index in [1.807, 2.05) is 0 Å². The first-order valence-corrected chi connectivity index (χ1v) is 21.3. The van der Waals surface area contributed by atoms with Gasteiger partial charge in [0.1, 0.15) is 5.82 Å². The molecular weight excluding hydrogens is 926 g/mol. The molecule has 0 fully saturated rings. The summed E-state index contributed by atoms with van der Waals surface area (Å²) in [7, 11) is 5.18. The van der Waals surface area contributed by atoms with Crippen molar-refractivity contribution < 1.29 is 38.1 Å². The molecule has 0 saturated carbocycles. The van der Waals surface area contributed by atoms with Crippen molar-refractivity contribution >= 4 is 81.7 Å². The number of methoxy groups -OCH3 is 4. The van der Waals surface area contributed by atoms with Gasteiger partial charge < -0.3 is 18.9 Å². The van der Waals surface area contributed by atoms with Crippen LogP contribution in [0.3, 0.4) is 0 Å². The van der Waals surface area contributed by atoms with Gasteiger partial charge in [0.15, 0.2) is 0 Å². The number of rotatable bonds is 11. The van der Waals surface area contributed by atoms with Crippen LogP contribution in [-0.4, -0.2) is 73.3 Å². The predicted molar refractivity (Wildman–Crippen MR) is 253 cm³/mol. The summed E-state index contributed by atoms with van der Waals surface area (Å²) >= 11 is 27.5. The summed E-state index contributed by atoms with van der Waals surface area (Å²) in [5.41, 5.74) is 5.60. The Kier molecular flexibility index (Phi) is 12.9. The van der Waals surface area contributed by atoms with Gasteiger partial charge in [-0.05, 0) is 84.9 Å². The molecule has 1 aliphatic rings. The molecule has 6 aromatic carbocycles. The van der Waals surface area contributed by atoms with Gasteiger partial charge in [0.05, 0.1) is 83.5 Å². The molecule has 0 N–H and O–H groups in total. The molecule has 0 amide bonds. The van der Waals surface area contributed by atoms with Crippen LogP contribution in [0.25, 0.3) is 33.9 Å². The number of hydrogen-bond donors (Lipinski definition) is 0. The highest BCUT2D eigenvalue weighted by atomic mass is 35.5. The molecule has 66 heavy (non-hydrogen) atoms. The second-order valence-corrected chi connectivity index (χ2v) is 16.2. The van der Waals surface area contributed by atoms with E-state index in [0.717, 1.165) is 0 Å². The number of nitrogens with zero attached hydrogens (tertiary/aromatic N) is 4. The van der Waals surface area contributed by atoms with E-state index in [9.17, 15) is 19.2 Å². The van der Waals surface area contributed by atoms with Gasteiger partial charge in [-0.1, -0.05) is 94.9 Å². The molecule has 0 atom stereocenters. The number of hydrogen-bond acceptors (Lipinski definition) is 11. The maximum absolute atomic E-state index is 12.8. The summed E-state index contributed by atoms with van der Waals surface area (Å²) in [6, 6.07) is 36.6. The van der Waals surface area contributed by atoms with Crippen molar-refractivity contribution in [1.29, 1.82) is 0 Å². The Bertz CT molecular complexity index is 3050. The number of carbonyl (C=O) groups is 4. The molecule has 330 valence electrons. The largest absolute Gasteiger partial charge is 0.465 e. The number of carbonyl (C=O) groups excluding carboxylic acids is 4. The van der Waals surface area contributed by atoms with Crippen molar-refractivity contribution in [2.24, 2.45) is 9.98 Å². The lowest BCUT2D eigenvalue weighted by molar-refractivity contribution is 0.0592. The fraction of sp³-hybridized carbons (Fsp3) is 0.100. The number of aromatic nitrogens is 2. The number of ether oxygens (including phenoxy) is 4. The minimum Gasteiger partial charge on any atom is -0.465 e. The van der Waals surface area contributed by atoms with Crippen molar-refractivity contribution in [3.8, 4) is 33.9 Å². The van der Waals surface area contributed by atoms with E-state index in [2.05, 4.69) is 0 Å². The molecule has 0 aliphatic carbocycles. The van der Waals surface area contributed by atoms with E-state index >= 15 is 0 Å². The Labute approximate surface area is 398 Å². The smallest absolute Gasteiger partial charge is 0.337 e. The fourth-order valence-electron chi connectivity index (χ4n) is 7.52. The lowest BCUT2D eigenvalue weighted by atomic mass is 9.98. The third-order valence-electron chi connectivity index (χ3n) is 10.7. The number of halogens is 4. The van der Waals surface area contributed by atoms with Crippen LogP contribution in [0.15, 0.2) is 143 Å². The lowest BCUT2D eigenvalue weighted by Gasteiger charge is -2.30. The Balaban J connectivity index is 1.56. The molecule has 0 radical (unpaired) electrons. The maximum atomic E-state index is 12.8. The third-order valence-corrected chi connectivity index (χ3v) is 11.8. The van der Waals surface area contributed by atoms with Crippen molar-refractivity contribution in [3.63, 3.8) is 0 Å². The van der Waals surface area contributed by atoms with Gasteiger partial charge in [-0.3, -0.25) is 4.57 Å². The van der Waals surface area contributed by atoms with E-state index in [1.165, 1.54) is 28.4 Å². The average molecular weight is 961 g/mol. The normalized spacial score (nSPS) is 12.8. The molecule has 16 heteroatoms. The third kappa shape index (κ3) is 8.47. The molecule has 1 aromatic heterocycles. The summed E-state index contributed by atoms with van der Waals surface area (Å²) in [4.78, 5) is 67.1. The van der Waals surface area contributed by atoms with Gasteiger partial charge in [0.2, 0.25) is 0 Å². The number of esters is 4. The molecular formula is C50H34Cl4N4O8. The van der Waals surface area contributed by atoms with Gasteiger partial charge in [-0.2, -0.15) is 0 Å². The first-order valence-electron chi connectivity index (χ1n) is 19.8. The lowest BCUT2D eigenvalue weighted by Crippen LogP contribution is -2.32. The minimum absolute atomic E-state index is 0.176. The van der Waals surface area contributed by atoms with Crippen LogP contribution >= 0.6 is 46.4 Å². The van der Waals surface area contributed by atoms with Crippen LogP contribution in [0, 0.1) is 0 Å². The molecule has 0 unspecified atom stereocenters. The zero-order valence-corrected chi connectivity index (χ0v) is 38.3. The maximum Gasteiger partial charge on any atom is 0.337 e. The fourth-order valence-corrected chi connectivity index (χ4v) is 8.55. The SMILES string of the molecule is COC(=O)c1ccc(C2=NC(c3ccc(Cl)cc3Cl)(n3c(-c4ccc(Cl)cc4Cl)nc(-c4ccc(C(=O)OC)cc4)c3-c3ccc(C(=O)OC)cc3)N=C2c2ccc(C(=O)OC)cc2)cc1. The number of imidazole rings is 1. The topological polar surface area (TPSA) is 148 Å². The van der Waals surface area contributed by atoms with E-state index in [4.69, 9.17) is 80.3 Å². The zero-order valence-electron chi connectivity index (χ0n) is 35.3. The molecule has 1 aliphatic heterocycles. The molecule has 2 heterocycles. The summed E-state index contributed by atoms with van der Waals surface area (Å²) in [6.45, 7) is 0. The van der Waals surface area contributed by atoms with Gasteiger partial charge >= 0.3 is 23.9 Å². The summed E-state index contributed by atoms with van der Waals surface area (Å²) in [5, 5.41) is 1.10. The Morgan fingerprint density at radius 2 is 0.848 bits per heavy atom. The first-order chi connectivity index (χ1) is 31.8. The van der Waals surface area contributed by atoms with Crippen LogP contribution in [0.4, 0.5) is 0 Å². The monoisotopic (exact) mass is 958 g/mol. The van der Waals surface area contributed by atoms with Crippen LogP contribution in [0.1, 0.15) is 58.1 Å². The number of aliphatic imine (C=N–C) groups is 2. The van der Waals surface area contributed by atoms with Crippen molar-refractivity contribution in [2.75, 3.05) is 28.4 Å². The number of benzene rings is 6. The highest BCUT2D eigenvalue weighted by Gasteiger charge is 2.46. The Morgan fingerprint density at radius 3 is 1.24 bits per heavy atom. The molecule has 7 aromatic rings. The van der Waals surface area contributed by atoms with Crippen LogP contribution < -0.4 is 0 Å². The van der Waals surface area contributed by atoms with Crippen molar-refractivity contribution in [2.45, 2.75) is 5.79 Å². The van der Waals surface area contributed by atoms with Crippen LogP contribution in [0.2, 0.25) is 20.1 Å². The van der Waals surface area contributed by atoms with Crippen LogP contribution in [-0.2, 0) is 24.7 Å². The second kappa shape index (κ2) is 18.8. The van der Waals surface area contributed by atoms with Crippen molar-refractivity contribution in [3.05, 3.63) is 192 Å². The summed E-state index contributed by atoms with van der Waals surface area (Å²) in [6.07, 6.45) is 0. The highest BCUT2D eigenvalue weighted by Crippen LogP contribution is 2.49. The molecule has 0 saturated heterocycles. The van der Waals surface area contributed by atoms with E-state index in [0.29, 0.717) is 82.9 Å². The van der Waals surface area contributed by atoms with Gasteiger partial charge in [-0.25, -0.2) is 34.1 Å². The second-order valence-electron chi connectivity index (χ2n) is 14.5. The highest BCUT2D eigenvalue weighted by molar-refractivity contribution is 6.54. The standard InChI is InChI=1S/C50H34Cl4N4O8/c1-63-46(59)31-13-5-27(6-14-31)41-42(28-7-15-32(16-8-28)47(60)64-2)57-50(56-41,38-24-22-36(52)26-40(38)54)58-44(30-11-19-34(20-12-30)49(62)66-4)43(29-9-17-33(18-10-29)48(61)65-3)55-45(58)37-23-21-35(51)25-39(37)53/h5-26H,1-4H3. The zero-order chi connectivity index (χ0) is 46.9. The van der Waals surface area contributed by atoms with Crippen LogP contribution in [0.5, 0.6) is 0 Å². The first kappa shape index (κ1) is 45.5. The molecule has 0 bridgehead atoms. The minimum atomic E-state index is -1.92. The predicted octanol–water partition coefficient (Wildman–Crippen LogP) is 11.3. The molecule has 8 rings (SSSR count). The Hall–Kier alpha value is -7.09. The quantitative estimate of drug-likeness (QED) is 0.0912. The van der Waals surface area contributed by atoms with Gasteiger partial charge in [0, 0.05) is 43.4 Å². The molecule has 0 spiro atoms. The van der Waals surface area contributed by atoms with Gasteiger partial charge in [-0.15, -0.1) is 0 Å². The summed E-state index contributed by atoms with van der Waals surface area (Å²) in [5.74, 6) is -3.84. The van der Waals surface area contributed by atoms with E-state index in [-0.39, 0.29) is 21.4 Å². The average Bonchev–Trinajstić information content (AvgIpc) is 3.94. The Morgan fingerprint density at radius 1 is 0.470 bits per heavy atom. The van der Waals surface area contributed by atoms with E-state index < -0.39 is 29.7 Å². The van der Waals surface area contributed by atoms with Gasteiger partial charge in [0.25, 0.3) is 5.79 Å². The summed E-state index contributed by atoms with van der Waals surface area (Å²) < 4.78 is 21.8. The van der Waals surface area contributed by atoms with E-state index in [1.54, 1.807) is 138 Å².